The van der Waals surface area contributed by atoms with Gasteiger partial charge in [0.25, 0.3) is 0 Å². The Labute approximate surface area is 87.3 Å². The van der Waals surface area contributed by atoms with E-state index in [4.69, 9.17) is 23.7 Å². The zero-order valence-corrected chi connectivity index (χ0v) is 8.52. The molecule has 0 saturated carbocycles. The molecule has 1 rings (SSSR count). The highest BCUT2D eigenvalue weighted by atomic mass is 32.1. The number of nitrogens with one attached hydrogen (secondary N) is 1. The fourth-order valence-corrected chi connectivity index (χ4v) is 1.26. The Kier molecular flexibility index (Phi) is 3.03. The fourth-order valence-electron chi connectivity index (χ4n) is 1.14. The van der Waals surface area contributed by atoms with Gasteiger partial charge in [-0.05, 0) is 30.7 Å². The molecule has 14 heavy (non-hydrogen) atoms. The molecule has 0 aromatic heterocycles. The number of thiocarbonyl (C=S) groups is 1. The SMILES string of the molecule is Cc1cc(NC(N)=O)cc(C(N)=S)c1. The van der Waals surface area contributed by atoms with Gasteiger partial charge in [-0.25, -0.2) is 4.79 Å². The Morgan fingerprint density at radius 1 is 1.36 bits per heavy atom. The van der Waals surface area contributed by atoms with Crippen molar-refractivity contribution < 1.29 is 4.79 Å². The molecule has 1 aromatic carbocycles. The number of aryl methyl sites for hydroxylation is 1. The molecule has 0 spiro atoms. The molecule has 0 unspecified atom stereocenters. The highest BCUT2D eigenvalue weighted by Gasteiger charge is 2.02. The average Bonchev–Trinajstić information content (AvgIpc) is 2.01. The predicted molar refractivity (Wildman–Crippen MR) is 60.3 cm³/mol. The second-order valence-corrected chi connectivity index (χ2v) is 3.38. The maximum absolute atomic E-state index is 10.6. The van der Waals surface area contributed by atoms with Crippen LogP contribution in [0.1, 0.15) is 11.1 Å². The van der Waals surface area contributed by atoms with Gasteiger partial charge in [0.2, 0.25) is 0 Å². The number of benzene rings is 1. The molecule has 0 fully saturated rings. The predicted octanol–water partition coefficient (Wildman–Crippen LogP) is 1.12. The minimum absolute atomic E-state index is 0.293. The van der Waals surface area contributed by atoms with Gasteiger partial charge in [0.15, 0.2) is 0 Å². The number of carbonyl (C=O) groups excluding carboxylic acids is 1. The summed E-state index contributed by atoms with van der Waals surface area (Å²) in [6.07, 6.45) is 0. The molecule has 0 saturated heterocycles. The van der Waals surface area contributed by atoms with E-state index in [0.29, 0.717) is 16.2 Å². The molecule has 74 valence electrons. The number of amides is 2. The Balaban J connectivity index is 3.07. The van der Waals surface area contributed by atoms with Crippen molar-refractivity contribution in [2.24, 2.45) is 11.5 Å². The topological polar surface area (TPSA) is 81.1 Å². The number of carbonyl (C=O) groups is 1. The van der Waals surface area contributed by atoms with Crippen molar-refractivity contribution in [3.63, 3.8) is 0 Å². The van der Waals surface area contributed by atoms with Crippen LogP contribution >= 0.6 is 12.2 Å². The third-order valence-electron chi connectivity index (χ3n) is 1.63. The van der Waals surface area contributed by atoms with Crippen molar-refractivity contribution in [3.05, 3.63) is 29.3 Å². The second-order valence-electron chi connectivity index (χ2n) is 2.94. The van der Waals surface area contributed by atoms with E-state index in [1.54, 1.807) is 12.1 Å². The number of hydrogen-bond acceptors (Lipinski definition) is 2. The van der Waals surface area contributed by atoms with Crippen LogP contribution in [0.25, 0.3) is 0 Å². The van der Waals surface area contributed by atoms with E-state index < -0.39 is 6.03 Å². The summed E-state index contributed by atoms with van der Waals surface area (Å²) in [4.78, 5) is 10.9. The maximum Gasteiger partial charge on any atom is 0.316 e. The summed E-state index contributed by atoms with van der Waals surface area (Å²) in [6.45, 7) is 1.88. The highest BCUT2D eigenvalue weighted by molar-refractivity contribution is 7.80. The molecule has 0 aliphatic rings. The first-order valence-corrected chi connectivity index (χ1v) is 4.38. The van der Waals surface area contributed by atoms with E-state index in [1.165, 1.54) is 0 Å². The summed E-state index contributed by atoms with van der Waals surface area (Å²) < 4.78 is 0. The maximum atomic E-state index is 10.6. The number of urea groups is 1. The van der Waals surface area contributed by atoms with Gasteiger partial charge in [0.1, 0.15) is 4.99 Å². The normalized spacial score (nSPS) is 9.50. The zero-order valence-electron chi connectivity index (χ0n) is 7.70. The van der Waals surface area contributed by atoms with Crippen LogP contribution < -0.4 is 16.8 Å². The molecule has 0 aliphatic heterocycles. The highest BCUT2D eigenvalue weighted by Crippen LogP contribution is 2.14. The number of nitrogens with two attached hydrogens (primary N) is 2. The summed E-state index contributed by atoms with van der Waals surface area (Å²) >= 11 is 4.83. The van der Waals surface area contributed by atoms with Crippen molar-refractivity contribution >= 4 is 28.9 Å². The van der Waals surface area contributed by atoms with Crippen LogP contribution in [0.4, 0.5) is 10.5 Å². The van der Waals surface area contributed by atoms with Crippen LogP contribution in [-0.2, 0) is 0 Å². The first-order chi connectivity index (χ1) is 6.49. The van der Waals surface area contributed by atoms with E-state index in [0.717, 1.165) is 5.56 Å². The third kappa shape index (κ3) is 2.70. The quantitative estimate of drug-likeness (QED) is 0.638. The van der Waals surface area contributed by atoms with Crippen molar-refractivity contribution in [2.45, 2.75) is 6.92 Å². The van der Waals surface area contributed by atoms with Crippen LogP contribution in [0.15, 0.2) is 18.2 Å². The van der Waals surface area contributed by atoms with E-state index in [9.17, 15) is 4.79 Å². The van der Waals surface area contributed by atoms with Crippen LogP contribution in [0.2, 0.25) is 0 Å². The lowest BCUT2D eigenvalue weighted by atomic mass is 10.1. The Hall–Kier alpha value is -1.62. The van der Waals surface area contributed by atoms with Gasteiger partial charge in [-0.1, -0.05) is 12.2 Å². The van der Waals surface area contributed by atoms with Crippen molar-refractivity contribution in [1.82, 2.24) is 0 Å². The molecule has 0 radical (unpaired) electrons. The largest absolute Gasteiger partial charge is 0.389 e. The molecular weight excluding hydrogens is 198 g/mol. The Bertz CT molecular complexity index is 390. The summed E-state index contributed by atoms with van der Waals surface area (Å²) in [6, 6.07) is 4.70. The van der Waals surface area contributed by atoms with Gasteiger partial charge in [-0.3, -0.25) is 0 Å². The van der Waals surface area contributed by atoms with E-state index in [1.807, 2.05) is 13.0 Å². The van der Waals surface area contributed by atoms with Crippen LogP contribution in [0.3, 0.4) is 0 Å². The number of primary amides is 1. The monoisotopic (exact) mass is 209 g/mol. The van der Waals surface area contributed by atoms with Crippen molar-refractivity contribution in [1.29, 1.82) is 0 Å². The number of anilines is 1. The van der Waals surface area contributed by atoms with Gasteiger partial charge in [-0.15, -0.1) is 0 Å². The minimum Gasteiger partial charge on any atom is -0.389 e. The third-order valence-corrected chi connectivity index (χ3v) is 1.87. The molecule has 0 atom stereocenters. The first kappa shape index (κ1) is 10.5. The molecule has 4 nitrogen and oxygen atoms in total. The van der Waals surface area contributed by atoms with Crippen LogP contribution in [0.5, 0.6) is 0 Å². The van der Waals surface area contributed by atoms with Crippen LogP contribution in [0, 0.1) is 6.92 Å². The molecule has 5 N–H and O–H groups in total. The smallest absolute Gasteiger partial charge is 0.316 e. The van der Waals surface area contributed by atoms with Crippen molar-refractivity contribution in [3.8, 4) is 0 Å². The molecule has 1 aromatic rings. The van der Waals surface area contributed by atoms with Gasteiger partial charge in [0.05, 0.1) is 0 Å². The molecule has 0 aliphatic carbocycles. The minimum atomic E-state index is -0.607. The van der Waals surface area contributed by atoms with Gasteiger partial charge >= 0.3 is 6.03 Å². The summed E-state index contributed by atoms with van der Waals surface area (Å²) in [5.74, 6) is 0. The van der Waals surface area contributed by atoms with Crippen LogP contribution in [-0.4, -0.2) is 11.0 Å². The zero-order chi connectivity index (χ0) is 10.7. The Morgan fingerprint density at radius 3 is 2.50 bits per heavy atom. The molecule has 0 heterocycles. The van der Waals surface area contributed by atoms with Gasteiger partial charge < -0.3 is 16.8 Å². The lowest BCUT2D eigenvalue weighted by Gasteiger charge is -2.06. The van der Waals surface area contributed by atoms with E-state index in [2.05, 4.69) is 5.32 Å². The summed E-state index contributed by atoms with van der Waals surface area (Å²) in [7, 11) is 0. The van der Waals surface area contributed by atoms with E-state index >= 15 is 0 Å². The van der Waals surface area contributed by atoms with Gasteiger partial charge in [-0.2, -0.15) is 0 Å². The number of hydrogen-bond donors (Lipinski definition) is 3. The fraction of sp³-hybridized carbons (Fsp3) is 0.111. The standard InChI is InChI=1S/C9H11N3OS/c1-5-2-6(8(10)14)4-7(3-5)12-9(11)13/h2-4H,1H3,(H2,10,14)(H3,11,12,13). The molecule has 2 amide bonds. The summed E-state index contributed by atoms with van der Waals surface area (Å²) in [5, 5.41) is 2.46. The van der Waals surface area contributed by atoms with Crippen molar-refractivity contribution in [2.75, 3.05) is 5.32 Å². The molecular formula is C9H11N3OS. The lowest BCUT2D eigenvalue weighted by Crippen LogP contribution is -2.20. The molecule has 0 bridgehead atoms. The Morgan fingerprint density at radius 2 is 2.00 bits per heavy atom. The molecule has 5 heteroatoms. The lowest BCUT2D eigenvalue weighted by molar-refractivity contribution is 0.259. The average molecular weight is 209 g/mol. The number of rotatable bonds is 2. The first-order valence-electron chi connectivity index (χ1n) is 3.97. The second kappa shape index (κ2) is 4.06. The van der Waals surface area contributed by atoms with Gasteiger partial charge in [0, 0.05) is 11.3 Å². The summed E-state index contributed by atoms with van der Waals surface area (Å²) in [5.41, 5.74) is 12.7. The van der Waals surface area contributed by atoms with E-state index in [-0.39, 0.29) is 0 Å².